The third-order valence-electron chi connectivity index (χ3n) is 2.89. The van der Waals surface area contributed by atoms with Gasteiger partial charge < -0.3 is 0 Å². The van der Waals surface area contributed by atoms with Gasteiger partial charge in [0.05, 0.1) is 0 Å². The molecule has 0 amide bonds. The minimum atomic E-state index is 0.248. The molecule has 3 heteroatoms. The van der Waals surface area contributed by atoms with Crippen LogP contribution in [0.3, 0.4) is 0 Å². The summed E-state index contributed by atoms with van der Waals surface area (Å²) in [6.45, 7) is 8.44. The summed E-state index contributed by atoms with van der Waals surface area (Å²) in [6, 6.07) is 0.621. The molecule has 2 unspecified atom stereocenters. The number of ketones is 1. The molecule has 0 aromatic heterocycles. The molecule has 0 saturated carbocycles. The third-order valence-corrected chi connectivity index (χ3v) is 4.02. The van der Waals surface area contributed by atoms with Crippen molar-refractivity contribution < 1.29 is 4.79 Å². The van der Waals surface area contributed by atoms with Crippen LogP contribution in [0, 0.1) is 5.92 Å². The number of thioether (sulfide) groups is 1. The average molecular weight is 215 g/mol. The van der Waals surface area contributed by atoms with Gasteiger partial charge in [0.2, 0.25) is 0 Å². The Hall–Kier alpha value is -0.0200. The molecule has 2 atom stereocenters. The Morgan fingerprint density at radius 1 is 1.64 bits per heavy atom. The van der Waals surface area contributed by atoms with Crippen molar-refractivity contribution in [3.05, 3.63) is 0 Å². The number of hydrogen-bond donors (Lipinski definition) is 0. The number of carbonyl (C=O) groups excluding carboxylic acids is 1. The third kappa shape index (κ3) is 3.28. The van der Waals surface area contributed by atoms with Crippen LogP contribution in [0.25, 0.3) is 0 Å². The Bertz CT molecular complexity index is 196. The van der Waals surface area contributed by atoms with Crippen LogP contribution in [0.4, 0.5) is 0 Å². The summed E-state index contributed by atoms with van der Waals surface area (Å²) in [5.74, 6) is 3.07. The molecule has 82 valence electrons. The lowest BCUT2D eigenvalue weighted by Gasteiger charge is -2.34. The summed E-state index contributed by atoms with van der Waals surface area (Å²) in [6.07, 6.45) is 0.752. The van der Waals surface area contributed by atoms with Crippen LogP contribution in [0.1, 0.15) is 27.2 Å². The zero-order valence-corrected chi connectivity index (χ0v) is 10.3. The Morgan fingerprint density at radius 3 is 2.93 bits per heavy atom. The van der Waals surface area contributed by atoms with Crippen molar-refractivity contribution in [2.24, 2.45) is 5.92 Å². The number of Topliss-reactive ketones (excluding diaryl/α,β-unsaturated/α-hetero) is 1. The first-order chi connectivity index (χ1) is 6.65. The summed E-state index contributed by atoms with van der Waals surface area (Å²) in [7, 11) is 0. The molecule has 0 aromatic carbocycles. The highest BCUT2D eigenvalue weighted by atomic mass is 32.2. The molecule has 0 spiro atoms. The predicted molar refractivity (Wildman–Crippen MR) is 62.8 cm³/mol. The maximum absolute atomic E-state index is 11.3. The first-order valence-electron chi connectivity index (χ1n) is 5.49. The Labute approximate surface area is 91.4 Å². The second-order valence-electron chi connectivity index (χ2n) is 4.12. The summed E-state index contributed by atoms with van der Waals surface area (Å²) in [5, 5.41) is 0. The molecular weight excluding hydrogens is 194 g/mol. The van der Waals surface area contributed by atoms with Crippen molar-refractivity contribution in [2.45, 2.75) is 33.2 Å². The maximum atomic E-state index is 11.3. The highest BCUT2D eigenvalue weighted by Crippen LogP contribution is 2.17. The van der Waals surface area contributed by atoms with Crippen LogP contribution < -0.4 is 0 Å². The number of hydrogen-bond acceptors (Lipinski definition) is 3. The SMILES string of the molecule is CCSCC(C)N1CCC(=O)C(C)C1. The molecule has 1 rings (SSSR count). The number of carbonyl (C=O) groups is 1. The van der Waals surface area contributed by atoms with Gasteiger partial charge in [0, 0.05) is 37.2 Å². The van der Waals surface area contributed by atoms with Gasteiger partial charge in [-0.3, -0.25) is 9.69 Å². The van der Waals surface area contributed by atoms with Gasteiger partial charge in [0.15, 0.2) is 0 Å². The maximum Gasteiger partial charge on any atom is 0.138 e. The van der Waals surface area contributed by atoms with E-state index in [-0.39, 0.29) is 5.92 Å². The van der Waals surface area contributed by atoms with E-state index in [4.69, 9.17) is 0 Å². The van der Waals surface area contributed by atoms with E-state index in [1.807, 2.05) is 18.7 Å². The molecule has 1 fully saturated rings. The van der Waals surface area contributed by atoms with Crippen LogP contribution in [0.2, 0.25) is 0 Å². The van der Waals surface area contributed by atoms with Crippen molar-refractivity contribution in [1.29, 1.82) is 0 Å². The minimum absolute atomic E-state index is 0.248. The second kappa shape index (κ2) is 5.76. The zero-order valence-electron chi connectivity index (χ0n) is 9.45. The van der Waals surface area contributed by atoms with E-state index in [0.29, 0.717) is 11.8 Å². The van der Waals surface area contributed by atoms with Gasteiger partial charge in [-0.1, -0.05) is 13.8 Å². The van der Waals surface area contributed by atoms with Crippen molar-refractivity contribution in [3.8, 4) is 0 Å². The largest absolute Gasteiger partial charge is 0.299 e. The Morgan fingerprint density at radius 2 is 2.36 bits per heavy atom. The van der Waals surface area contributed by atoms with Gasteiger partial charge in [0.25, 0.3) is 0 Å². The van der Waals surface area contributed by atoms with E-state index < -0.39 is 0 Å². The fourth-order valence-electron chi connectivity index (χ4n) is 1.84. The summed E-state index contributed by atoms with van der Waals surface area (Å²) in [4.78, 5) is 13.8. The lowest BCUT2D eigenvalue weighted by Crippen LogP contribution is -2.45. The molecule has 0 aliphatic carbocycles. The van der Waals surface area contributed by atoms with E-state index in [1.54, 1.807) is 0 Å². The number of rotatable bonds is 4. The summed E-state index contributed by atoms with van der Waals surface area (Å²) >= 11 is 1.99. The normalized spacial score (nSPS) is 26.5. The van der Waals surface area contributed by atoms with Crippen molar-refractivity contribution in [3.63, 3.8) is 0 Å². The summed E-state index contributed by atoms with van der Waals surface area (Å²) in [5.41, 5.74) is 0. The smallest absolute Gasteiger partial charge is 0.138 e. The first-order valence-corrected chi connectivity index (χ1v) is 6.65. The fourth-order valence-corrected chi connectivity index (χ4v) is 2.63. The first kappa shape index (κ1) is 12.1. The topological polar surface area (TPSA) is 20.3 Å². The monoisotopic (exact) mass is 215 g/mol. The number of piperidine rings is 1. The van der Waals surface area contributed by atoms with Gasteiger partial charge in [0.1, 0.15) is 5.78 Å². The molecular formula is C11H21NOS. The van der Waals surface area contributed by atoms with Crippen molar-refractivity contribution >= 4 is 17.5 Å². The van der Waals surface area contributed by atoms with E-state index in [0.717, 1.165) is 19.5 Å². The molecule has 0 bridgehead atoms. The molecule has 1 heterocycles. The molecule has 1 aliphatic heterocycles. The van der Waals surface area contributed by atoms with Crippen LogP contribution in [0.5, 0.6) is 0 Å². The van der Waals surface area contributed by atoms with Gasteiger partial charge in [-0.15, -0.1) is 0 Å². The predicted octanol–water partition coefficient (Wildman–Crippen LogP) is 2.04. The van der Waals surface area contributed by atoms with Crippen LogP contribution >= 0.6 is 11.8 Å². The van der Waals surface area contributed by atoms with Crippen LogP contribution in [0.15, 0.2) is 0 Å². The van der Waals surface area contributed by atoms with E-state index in [2.05, 4.69) is 18.7 Å². The van der Waals surface area contributed by atoms with E-state index in [1.165, 1.54) is 11.5 Å². The molecule has 0 radical (unpaired) electrons. The van der Waals surface area contributed by atoms with Crippen molar-refractivity contribution in [1.82, 2.24) is 4.90 Å². The van der Waals surface area contributed by atoms with Crippen molar-refractivity contribution in [2.75, 3.05) is 24.6 Å². The molecule has 0 N–H and O–H groups in total. The highest BCUT2D eigenvalue weighted by molar-refractivity contribution is 7.99. The summed E-state index contributed by atoms with van der Waals surface area (Å²) < 4.78 is 0. The van der Waals surface area contributed by atoms with Gasteiger partial charge in [-0.25, -0.2) is 0 Å². The van der Waals surface area contributed by atoms with E-state index >= 15 is 0 Å². The number of nitrogens with zero attached hydrogens (tertiary/aromatic N) is 1. The standard InChI is InChI=1S/C11H21NOS/c1-4-14-8-10(3)12-6-5-11(13)9(2)7-12/h9-10H,4-8H2,1-3H3. The highest BCUT2D eigenvalue weighted by Gasteiger charge is 2.25. The molecule has 2 nitrogen and oxygen atoms in total. The van der Waals surface area contributed by atoms with Gasteiger partial charge in [-0.05, 0) is 12.7 Å². The van der Waals surface area contributed by atoms with Gasteiger partial charge in [-0.2, -0.15) is 11.8 Å². The molecule has 0 aromatic rings. The zero-order chi connectivity index (χ0) is 10.6. The number of likely N-dealkylation sites (tertiary alicyclic amines) is 1. The van der Waals surface area contributed by atoms with Crippen LogP contribution in [-0.4, -0.2) is 41.3 Å². The lowest BCUT2D eigenvalue weighted by atomic mass is 9.98. The Kier molecular flexibility index (Phi) is 4.96. The molecule has 1 aliphatic rings. The van der Waals surface area contributed by atoms with Gasteiger partial charge >= 0.3 is 0 Å². The van der Waals surface area contributed by atoms with Crippen LogP contribution in [-0.2, 0) is 4.79 Å². The Balaban J connectivity index is 2.34. The molecule has 1 saturated heterocycles. The quantitative estimate of drug-likeness (QED) is 0.716. The second-order valence-corrected chi connectivity index (χ2v) is 5.44. The molecule has 14 heavy (non-hydrogen) atoms. The van der Waals surface area contributed by atoms with E-state index in [9.17, 15) is 4.79 Å². The fraction of sp³-hybridized carbons (Fsp3) is 0.909. The minimum Gasteiger partial charge on any atom is -0.299 e. The lowest BCUT2D eigenvalue weighted by molar-refractivity contribution is -0.125. The average Bonchev–Trinajstić information content (AvgIpc) is 2.18.